The van der Waals surface area contributed by atoms with Gasteiger partial charge in [0.05, 0.1) is 9.90 Å². The van der Waals surface area contributed by atoms with Gasteiger partial charge in [-0.2, -0.15) is 0 Å². The van der Waals surface area contributed by atoms with Crippen molar-refractivity contribution in [3.05, 3.63) is 55.8 Å². The van der Waals surface area contributed by atoms with Crippen LogP contribution in [0.1, 0.15) is 21.5 Å². The summed E-state index contributed by atoms with van der Waals surface area (Å²) in [6.45, 7) is 1.98. The number of aryl methyl sites for hydroxylation is 1. The quantitative estimate of drug-likeness (QED) is 0.658. The average molecular weight is 310 g/mol. The molecule has 0 saturated heterocycles. The van der Waals surface area contributed by atoms with Crippen molar-refractivity contribution < 1.29 is 4.79 Å². The van der Waals surface area contributed by atoms with Gasteiger partial charge in [-0.1, -0.05) is 35.3 Å². The van der Waals surface area contributed by atoms with E-state index in [4.69, 9.17) is 23.2 Å². The lowest BCUT2D eigenvalue weighted by molar-refractivity contribution is 0.104. The lowest BCUT2D eigenvalue weighted by atomic mass is 10.0. The second kappa shape index (κ2) is 4.67. The first-order chi connectivity index (χ1) is 9.08. The van der Waals surface area contributed by atoms with Gasteiger partial charge in [-0.05, 0) is 24.6 Å². The molecule has 2 aromatic heterocycles. The molecule has 1 N–H and O–H groups in total. The van der Waals surface area contributed by atoms with Crippen LogP contribution in [-0.4, -0.2) is 10.8 Å². The fraction of sp³-hybridized carbons (Fsp3) is 0.0714. The third-order valence-corrected chi connectivity index (χ3v) is 4.55. The molecule has 19 heavy (non-hydrogen) atoms. The van der Waals surface area contributed by atoms with Crippen molar-refractivity contribution in [2.75, 3.05) is 0 Å². The summed E-state index contributed by atoms with van der Waals surface area (Å²) in [4.78, 5) is 15.7. The molecule has 2 heterocycles. The highest BCUT2D eigenvalue weighted by molar-refractivity contribution is 7.20. The van der Waals surface area contributed by atoms with Crippen LogP contribution in [0.2, 0.25) is 8.67 Å². The summed E-state index contributed by atoms with van der Waals surface area (Å²) in [7, 11) is 0. The van der Waals surface area contributed by atoms with E-state index in [0.29, 0.717) is 19.8 Å². The van der Waals surface area contributed by atoms with Crippen LogP contribution in [0.4, 0.5) is 0 Å². The smallest absolute Gasteiger partial charge is 0.197 e. The molecular formula is C14H9Cl2NOS. The summed E-state index contributed by atoms with van der Waals surface area (Å²) >= 11 is 13.1. The van der Waals surface area contributed by atoms with Gasteiger partial charge in [0.2, 0.25) is 0 Å². The number of fused-ring (bicyclic) bond motifs is 1. The van der Waals surface area contributed by atoms with Gasteiger partial charge in [-0.3, -0.25) is 4.79 Å². The number of thiophene rings is 1. The maximum absolute atomic E-state index is 12.6. The van der Waals surface area contributed by atoms with E-state index in [1.54, 1.807) is 12.3 Å². The molecule has 0 saturated carbocycles. The molecule has 0 bridgehead atoms. The standard InChI is InChI=1S/C14H9Cl2NOS/c1-7-3-2-4-10-12(7)9(6-17-10)13(18)8-5-11(15)19-14(8)16/h2-6,17H,1H3. The molecule has 5 heteroatoms. The number of aromatic nitrogens is 1. The minimum Gasteiger partial charge on any atom is -0.360 e. The Bertz CT molecular complexity index is 788. The number of benzene rings is 1. The lowest BCUT2D eigenvalue weighted by Gasteiger charge is -2.00. The molecule has 2 nitrogen and oxygen atoms in total. The van der Waals surface area contributed by atoms with Gasteiger partial charge in [0.1, 0.15) is 4.34 Å². The van der Waals surface area contributed by atoms with Crippen LogP contribution in [0.25, 0.3) is 10.9 Å². The van der Waals surface area contributed by atoms with E-state index in [1.807, 2.05) is 25.1 Å². The molecule has 3 rings (SSSR count). The highest BCUT2D eigenvalue weighted by Gasteiger charge is 2.19. The number of halogens is 2. The van der Waals surface area contributed by atoms with Gasteiger partial charge in [0.15, 0.2) is 5.78 Å². The highest BCUT2D eigenvalue weighted by atomic mass is 35.5. The van der Waals surface area contributed by atoms with Crippen molar-refractivity contribution in [1.29, 1.82) is 0 Å². The number of hydrogen-bond donors (Lipinski definition) is 1. The number of H-pyrrole nitrogens is 1. The number of aromatic amines is 1. The second-order valence-corrected chi connectivity index (χ2v) is 6.55. The maximum Gasteiger partial charge on any atom is 0.197 e. The Morgan fingerprint density at radius 1 is 1.26 bits per heavy atom. The van der Waals surface area contributed by atoms with Crippen molar-refractivity contribution in [3.8, 4) is 0 Å². The van der Waals surface area contributed by atoms with Crippen molar-refractivity contribution in [3.63, 3.8) is 0 Å². The summed E-state index contributed by atoms with van der Waals surface area (Å²) in [6.07, 6.45) is 1.72. The number of carbonyl (C=O) groups excluding carboxylic acids is 1. The van der Waals surface area contributed by atoms with Crippen LogP contribution in [0, 0.1) is 6.92 Å². The molecular weight excluding hydrogens is 301 g/mol. The van der Waals surface area contributed by atoms with Crippen LogP contribution < -0.4 is 0 Å². The van der Waals surface area contributed by atoms with Crippen molar-refractivity contribution in [1.82, 2.24) is 4.98 Å². The second-order valence-electron chi connectivity index (χ2n) is 4.27. The lowest BCUT2D eigenvalue weighted by Crippen LogP contribution is -1.99. The minimum absolute atomic E-state index is 0.103. The Balaban J connectivity index is 2.20. The number of carbonyl (C=O) groups is 1. The molecule has 1 aromatic carbocycles. The third-order valence-electron chi connectivity index (χ3n) is 3.06. The van der Waals surface area contributed by atoms with Gasteiger partial charge < -0.3 is 4.98 Å². The van der Waals surface area contributed by atoms with E-state index in [1.165, 1.54) is 11.3 Å². The molecule has 96 valence electrons. The minimum atomic E-state index is -0.103. The van der Waals surface area contributed by atoms with Gasteiger partial charge in [-0.25, -0.2) is 0 Å². The summed E-state index contributed by atoms with van der Waals surface area (Å²) in [5.41, 5.74) is 3.09. The Morgan fingerprint density at radius 2 is 2.05 bits per heavy atom. The number of nitrogens with one attached hydrogen (secondary N) is 1. The Labute approximate surface area is 124 Å². The van der Waals surface area contributed by atoms with Crippen molar-refractivity contribution >= 4 is 51.2 Å². The van der Waals surface area contributed by atoms with Crippen LogP contribution >= 0.6 is 34.5 Å². The Morgan fingerprint density at radius 3 is 2.74 bits per heavy atom. The molecule has 0 fully saturated rings. The molecule has 3 aromatic rings. The monoisotopic (exact) mass is 309 g/mol. The number of ketones is 1. The summed E-state index contributed by atoms with van der Waals surface area (Å²) in [5, 5.41) is 0.936. The summed E-state index contributed by atoms with van der Waals surface area (Å²) in [6, 6.07) is 7.50. The normalized spacial score (nSPS) is 11.1. The Kier molecular flexibility index (Phi) is 3.13. The summed E-state index contributed by atoms with van der Waals surface area (Å²) < 4.78 is 0.947. The van der Waals surface area contributed by atoms with Crippen molar-refractivity contribution in [2.24, 2.45) is 0 Å². The average Bonchev–Trinajstić information content (AvgIpc) is 2.93. The molecule has 0 spiro atoms. The van der Waals surface area contributed by atoms with E-state index in [-0.39, 0.29) is 5.78 Å². The van der Waals surface area contributed by atoms with Crippen LogP contribution in [0.15, 0.2) is 30.5 Å². The van der Waals surface area contributed by atoms with Crippen LogP contribution in [0.5, 0.6) is 0 Å². The topological polar surface area (TPSA) is 32.9 Å². The zero-order valence-electron chi connectivity index (χ0n) is 9.96. The first-order valence-electron chi connectivity index (χ1n) is 5.64. The Hall–Kier alpha value is -1.29. The zero-order chi connectivity index (χ0) is 13.6. The van der Waals surface area contributed by atoms with E-state index < -0.39 is 0 Å². The molecule has 0 aliphatic carbocycles. The molecule has 0 atom stereocenters. The number of rotatable bonds is 2. The van der Waals surface area contributed by atoms with Crippen LogP contribution in [-0.2, 0) is 0 Å². The first kappa shape index (κ1) is 12.7. The molecule has 0 aliphatic rings. The van der Waals surface area contributed by atoms with Gasteiger partial charge in [0, 0.05) is 22.7 Å². The predicted octanol–water partition coefficient (Wildman–Crippen LogP) is 5.08. The molecule has 0 amide bonds. The first-order valence-corrected chi connectivity index (χ1v) is 7.21. The summed E-state index contributed by atoms with van der Waals surface area (Å²) in [5.74, 6) is -0.103. The highest BCUT2D eigenvalue weighted by Crippen LogP contribution is 2.34. The molecule has 0 radical (unpaired) electrons. The molecule has 0 unspecified atom stereocenters. The third kappa shape index (κ3) is 2.08. The predicted molar refractivity (Wildman–Crippen MR) is 80.8 cm³/mol. The largest absolute Gasteiger partial charge is 0.360 e. The SMILES string of the molecule is Cc1cccc2[nH]cc(C(=O)c3cc(Cl)sc3Cl)c12. The van der Waals surface area contributed by atoms with Gasteiger partial charge in [-0.15, -0.1) is 11.3 Å². The van der Waals surface area contributed by atoms with E-state index in [9.17, 15) is 4.79 Å². The van der Waals surface area contributed by atoms with E-state index in [0.717, 1.165) is 16.5 Å². The maximum atomic E-state index is 12.6. The number of hydrogen-bond acceptors (Lipinski definition) is 2. The molecule has 0 aliphatic heterocycles. The van der Waals surface area contributed by atoms with Crippen molar-refractivity contribution in [2.45, 2.75) is 6.92 Å². The fourth-order valence-electron chi connectivity index (χ4n) is 2.19. The van der Waals surface area contributed by atoms with Gasteiger partial charge >= 0.3 is 0 Å². The zero-order valence-corrected chi connectivity index (χ0v) is 12.3. The van der Waals surface area contributed by atoms with Crippen LogP contribution in [0.3, 0.4) is 0 Å². The van der Waals surface area contributed by atoms with E-state index in [2.05, 4.69) is 4.98 Å². The van der Waals surface area contributed by atoms with Gasteiger partial charge in [0.25, 0.3) is 0 Å². The fourth-order valence-corrected chi connectivity index (χ4v) is 3.65. The van der Waals surface area contributed by atoms with E-state index >= 15 is 0 Å².